The Bertz CT molecular complexity index is 735. The summed E-state index contributed by atoms with van der Waals surface area (Å²) in [6.07, 6.45) is 5.27. The van der Waals surface area contributed by atoms with Crippen LogP contribution in [0.3, 0.4) is 0 Å². The zero-order valence-corrected chi connectivity index (χ0v) is 15.8. The minimum absolute atomic E-state index is 0.0831. The highest BCUT2D eigenvalue weighted by Crippen LogP contribution is 2.25. The fourth-order valence-electron chi connectivity index (χ4n) is 2.88. The minimum Gasteiger partial charge on any atom is -0.492 e. The summed E-state index contributed by atoms with van der Waals surface area (Å²) in [6.45, 7) is 4.55. The molecule has 2 aromatic rings. The summed E-state index contributed by atoms with van der Waals surface area (Å²) in [5.41, 5.74) is 0.691. The van der Waals surface area contributed by atoms with E-state index in [9.17, 15) is 4.79 Å². The number of nitrogens with one attached hydrogen (secondary N) is 1. The molecule has 3 rings (SSSR count). The number of carbonyl (C=O) groups excluding carboxylic acids is 1. The van der Waals surface area contributed by atoms with Gasteiger partial charge < -0.3 is 15.0 Å². The minimum atomic E-state index is -0.0831. The summed E-state index contributed by atoms with van der Waals surface area (Å²) in [5.74, 6) is 1.84. The number of piperidine rings is 1. The molecule has 0 unspecified atom stereocenters. The average Bonchev–Trinajstić information content (AvgIpc) is 2.69. The molecule has 0 atom stereocenters. The third-order valence-corrected chi connectivity index (χ3v) is 5.05. The quantitative estimate of drug-likeness (QED) is 0.592. The molecule has 1 amide bonds. The van der Waals surface area contributed by atoms with Gasteiger partial charge in [0.05, 0.1) is 18.0 Å². The Balaban J connectivity index is 1.56. The van der Waals surface area contributed by atoms with E-state index < -0.39 is 0 Å². The van der Waals surface area contributed by atoms with Gasteiger partial charge in [-0.1, -0.05) is 23.9 Å². The van der Waals surface area contributed by atoms with Crippen LogP contribution in [0.5, 0.6) is 5.75 Å². The molecule has 1 aliphatic heterocycles. The number of aromatic nitrogens is 2. The van der Waals surface area contributed by atoms with E-state index in [1.807, 2.05) is 37.3 Å². The van der Waals surface area contributed by atoms with Crippen molar-refractivity contribution in [2.45, 2.75) is 31.2 Å². The van der Waals surface area contributed by atoms with E-state index in [1.165, 1.54) is 31.0 Å². The molecule has 1 aromatic heterocycles. The number of nitrogens with zero attached hydrogens (tertiary/aromatic N) is 3. The van der Waals surface area contributed by atoms with Crippen molar-refractivity contribution in [3.8, 4) is 5.75 Å². The summed E-state index contributed by atoms with van der Waals surface area (Å²) < 4.78 is 5.54. The van der Waals surface area contributed by atoms with Crippen LogP contribution >= 0.6 is 11.8 Å². The van der Waals surface area contributed by atoms with Crippen molar-refractivity contribution in [2.75, 3.05) is 35.7 Å². The van der Waals surface area contributed by atoms with Crippen LogP contribution in [-0.4, -0.2) is 41.3 Å². The van der Waals surface area contributed by atoms with Gasteiger partial charge in [0, 0.05) is 19.2 Å². The molecule has 1 aliphatic rings. The van der Waals surface area contributed by atoms with E-state index in [1.54, 1.807) is 6.33 Å². The van der Waals surface area contributed by atoms with Crippen molar-refractivity contribution >= 4 is 29.2 Å². The Hall–Kier alpha value is -2.28. The number of hydrogen-bond donors (Lipinski definition) is 1. The molecule has 0 saturated carbocycles. The van der Waals surface area contributed by atoms with Crippen LogP contribution in [0.2, 0.25) is 0 Å². The van der Waals surface area contributed by atoms with Crippen LogP contribution in [0.25, 0.3) is 0 Å². The van der Waals surface area contributed by atoms with Crippen molar-refractivity contribution in [3.63, 3.8) is 0 Å². The third kappa shape index (κ3) is 5.11. The maximum Gasteiger partial charge on any atom is 0.234 e. The monoisotopic (exact) mass is 372 g/mol. The Morgan fingerprint density at radius 2 is 2.04 bits per heavy atom. The number of rotatable bonds is 7. The number of hydrogen-bond acceptors (Lipinski definition) is 6. The fourth-order valence-corrected chi connectivity index (χ4v) is 3.54. The van der Waals surface area contributed by atoms with Gasteiger partial charge in [-0.25, -0.2) is 9.97 Å². The van der Waals surface area contributed by atoms with Crippen LogP contribution in [0.4, 0.5) is 11.5 Å². The van der Waals surface area contributed by atoms with Crippen molar-refractivity contribution in [1.29, 1.82) is 0 Å². The Morgan fingerprint density at radius 1 is 1.23 bits per heavy atom. The second-order valence-corrected chi connectivity index (χ2v) is 7.02. The van der Waals surface area contributed by atoms with Gasteiger partial charge >= 0.3 is 0 Å². The van der Waals surface area contributed by atoms with Crippen LogP contribution in [0.1, 0.15) is 26.2 Å². The molecule has 138 valence electrons. The maximum atomic E-state index is 12.3. The summed E-state index contributed by atoms with van der Waals surface area (Å²) >= 11 is 1.41. The van der Waals surface area contributed by atoms with Crippen LogP contribution in [0, 0.1) is 0 Å². The molecular weight excluding hydrogens is 348 g/mol. The van der Waals surface area contributed by atoms with Crippen molar-refractivity contribution in [2.24, 2.45) is 0 Å². The lowest BCUT2D eigenvalue weighted by atomic mass is 10.1. The van der Waals surface area contributed by atoms with Gasteiger partial charge in [-0.3, -0.25) is 4.79 Å². The Labute approximate surface area is 158 Å². The lowest BCUT2D eigenvalue weighted by molar-refractivity contribution is -0.113. The topological polar surface area (TPSA) is 67.3 Å². The number of anilines is 2. The predicted molar refractivity (Wildman–Crippen MR) is 105 cm³/mol. The average molecular weight is 372 g/mol. The molecular formula is C19H24N4O2S. The lowest BCUT2D eigenvalue weighted by Gasteiger charge is -2.27. The summed E-state index contributed by atoms with van der Waals surface area (Å²) in [6, 6.07) is 9.42. The maximum absolute atomic E-state index is 12.3. The Morgan fingerprint density at radius 3 is 2.85 bits per heavy atom. The highest BCUT2D eigenvalue weighted by molar-refractivity contribution is 7.99. The standard InChI is InChI=1S/C19H24N4O2S/c1-2-25-16-9-5-4-8-15(16)22-18(24)13-26-19-12-17(20-14-21-19)23-10-6-3-7-11-23/h4-5,8-9,12,14H,2-3,6-7,10-11,13H2,1H3,(H,22,24). The molecule has 0 bridgehead atoms. The summed E-state index contributed by atoms with van der Waals surface area (Å²) in [5, 5.41) is 3.72. The zero-order chi connectivity index (χ0) is 18.2. The summed E-state index contributed by atoms with van der Waals surface area (Å²) in [4.78, 5) is 23.2. The van der Waals surface area contributed by atoms with E-state index in [4.69, 9.17) is 4.74 Å². The smallest absolute Gasteiger partial charge is 0.234 e. The van der Waals surface area contributed by atoms with Crippen LogP contribution in [0.15, 0.2) is 41.7 Å². The number of para-hydroxylation sites is 2. The van der Waals surface area contributed by atoms with E-state index in [-0.39, 0.29) is 11.7 Å². The van der Waals surface area contributed by atoms with Crippen LogP contribution in [-0.2, 0) is 4.79 Å². The Kier molecular flexibility index (Phi) is 6.71. The molecule has 1 aromatic carbocycles. The fraction of sp³-hybridized carbons (Fsp3) is 0.421. The molecule has 7 heteroatoms. The highest BCUT2D eigenvalue weighted by Gasteiger charge is 2.14. The molecule has 1 saturated heterocycles. The molecule has 1 N–H and O–H groups in total. The van der Waals surface area contributed by atoms with E-state index in [0.29, 0.717) is 18.0 Å². The van der Waals surface area contributed by atoms with Gasteiger partial charge in [-0.05, 0) is 38.3 Å². The van der Waals surface area contributed by atoms with E-state index in [2.05, 4.69) is 20.2 Å². The summed E-state index contributed by atoms with van der Waals surface area (Å²) in [7, 11) is 0. The number of carbonyl (C=O) groups is 1. The van der Waals surface area contributed by atoms with Gasteiger partial charge in [0.15, 0.2) is 0 Å². The molecule has 1 fully saturated rings. The third-order valence-electron chi connectivity index (χ3n) is 4.12. The SMILES string of the molecule is CCOc1ccccc1NC(=O)CSc1cc(N2CCCCC2)ncn1. The molecule has 6 nitrogen and oxygen atoms in total. The van der Waals surface area contributed by atoms with E-state index >= 15 is 0 Å². The molecule has 0 aliphatic carbocycles. The highest BCUT2D eigenvalue weighted by atomic mass is 32.2. The zero-order valence-electron chi connectivity index (χ0n) is 15.0. The van der Waals surface area contributed by atoms with Gasteiger partial charge in [0.2, 0.25) is 5.91 Å². The number of ether oxygens (including phenoxy) is 1. The first kappa shape index (κ1) is 18.5. The van der Waals surface area contributed by atoms with Gasteiger partial charge in [0.1, 0.15) is 22.9 Å². The molecule has 2 heterocycles. The normalized spacial score (nSPS) is 14.1. The van der Waals surface area contributed by atoms with Crippen molar-refractivity contribution in [3.05, 3.63) is 36.7 Å². The van der Waals surface area contributed by atoms with Crippen molar-refractivity contribution < 1.29 is 9.53 Å². The lowest BCUT2D eigenvalue weighted by Crippen LogP contribution is -2.30. The number of amides is 1. The second kappa shape index (κ2) is 9.43. The van der Waals surface area contributed by atoms with Crippen molar-refractivity contribution in [1.82, 2.24) is 9.97 Å². The number of thioether (sulfide) groups is 1. The molecule has 26 heavy (non-hydrogen) atoms. The van der Waals surface area contributed by atoms with Crippen LogP contribution < -0.4 is 15.0 Å². The van der Waals surface area contributed by atoms with Gasteiger partial charge in [-0.2, -0.15) is 0 Å². The first-order chi connectivity index (χ1) is 12.8. The largest absolute Gasteiger partial charge is 0.492 e. The number of benzene rings is 1. The first-order valence-electron chi connectivity index (χ1n) is 8.97. The van der Waals surface area contributed by atoms with Gasteiger partial charge in [0.25, 0.3) is 0 Å². The first-order valence-corrected chi connectivity index (χ1v) is 9.96. The second-order valence-electron chi connectivity index (χ2n) is 6.03. The van der Waals surface area contributed by atoms with Gasteiger partial charge in [-0.15, -0.1) is 0 Å². The molecule has 0 radical (unpaired) electrons. The molecule has 0 spiro atoms. The van der Waals surface area contributed by atoms with E-state index in [0.717, 1.165) is 23.9 Å². The predicted octanol–water partition coefficient (Wildman–Crippen LogP) is 3.60.